The third-order valence-corrected chi connectivity index (χ3v) is 2.78. The molecule has 1 aromatic heterocycles. The van der Waals surface area contributed by atoms with Gasteiger partial charge < -0.3 is 15.2 Å². The van der Waals surface area contributed by atoms with E-state index in [1.807, 2.05) is 19.3 Å². The molecule has 16 heavy (non-hydrogen) atoms. The summed E-state index contributed by atoms with van der Waals surface area (Å²) in [5.41, 5.74) is 0.636. The van der Waals surface area contributed by atoms with Crippen molar-refractivity contribution >= 4 is 11.8 Å². The van der Waals surface area contributed by atoms with Crippen LogP contribution in [-0.4, -0.2) is 29.0 Å². The smallest absolute Gasteiger partial charge is 0.268 e. The van der Waals surface area contributed by atoms with Crippen LogP contribution in [0, 0.1) is 0 Å². The van der Waals surface area contributed by atoms with E-state index in [9.17, 15) is 9.59 Å². The Morgan fingerprint density at radius 2 is 2.44 bits per heavy atom. The molecular weight excluding hydrogens is 206 g/mol. The highest BCUT2D eigenvalue weighted by atomic mass is 16.2. The number of aryl methyl sites for hydroxylation is 1. The van der Waals surface area contributed by atoms with E-state index in [1.165, 1.54) is 0 Å². The van der Waals surface area contributed by atoms with E-state index in [2.05, 4.69) is 10.6 Å². The first-order chi connectivity index (χ1) is 7.66. The summed E-state index contributed by atoms with van der Waals surface area (Å²) >= 11 is 0. The normalized spacial score (nSPS) is 20.3. The minimum atomic E-state index is -0.0892. The Bertz CT molecular complexity index is 401. The summed E-state index contributed by atoms with van der Waals surface area (Å²) in [7, 11) is 1.83. The molecule has 5 heteroatoms. The van der Waals surface area contributed by atoms with Crippen LogP contribution >= 0.6 is 0 Å². The van der Waals surface area contributed by atoms with Gasteiger partial charge in [-0.3, -0.25) is 9.59 Å². The van der Waals surface area contributed by atoms with Gasteiger partial charge in [-0.15, -0.1) is 0 Å². The van der Waals surface area contributed by atoms with Crippen LogP contribution in [0.4, 0.5) is 0 Å². The van der Waals surface area contributed by atoms with E-state index in [1.54, 1.807) is 10.6 Å². The Kier molecular flexibility index (Phi) is 2.94. The topological polar surface area (TPSA) is 63.1 Å². The molecule has 1 aromatic rings. The van der Waals surface area contributed by atoms with Gasteiger partial charge in [-0.2, -0.15) is 0 Å². The molecule has 2 heterocycles. The minimum Gasteiger partial charge on any atom is -0.354 e. The molecule has 1 fully saturated rings. The molecule has 2 rings (SSSR count). The first-order valence-corrected chi connectivity index (χ1v) is 5.35. The number of nitrogens with one attached hydrogen (secondary N) is 2. The second-order valence-corrected chi connectivity index (χ2v) is 4.02. The van der Waals surface area contributed by atoms with Crippen molar-refractivity contribution in [2.24, 2.45) is 7.05 Å². The van der Waals surface area contributed by atoms with Gasteiger partial charge in [-0.25, -0.2) is 0 Å². The maximum atomic E-state index is 11.8. The molecular formula is C11H15N3O2. The zero-order valence-electron chi connectivity index (χ0n) is 9.19. The van der Waals surface area contributed by atoms with Crippen molar-refractivity contribution in [3.05, 3.63) is 24.0 Å². The molecule has 1 atom stereocenters. The van der Waals surface area contributed by atoms with Gasteiger partial charge in [0, 0.05) is 32.3 Å². The number of carbonyl (C=O) groups is 2. The average Bonchev–Trinajstić information content (AvgIpc) is 2.68. The van der Waals surface area contributed by atoms with Crippen LogP contribution in [0.25, 0.3) is 0 Å². The third-order valence-electron chi connectivity index (χ3n) is 2.78. The quantitative estimate of drug-likeness (QED) is 0.740. The number of nitrogens with zero attached hydrogens (tertiary/aromatic N) is 1. The number of piperidine rings is 1. The molecule has 0 aliphatic carbocycles. The maximum Gasteiger partial charge on any atom is 0.268 e. The molecule has 2 N–H and O–H groups in total. The van der Waals surface area contributed by atoms with Crippen LogP contribution in [0.2, 0.25) is 0 Å². The van der Waals surface area contributed by atoms with E-state index in [0.29, 0.717) is 25.1 Å². The van der Waals surface area contributed by atoms with E-state index in [0.717, 1.165) is 0 Å². The van der Waals surface area contributed by atoms with E-state index < -0.39 is 0 Å². The van der Waals surface area contributed by atoms with E-state index in [4.69, 9.17) is 0 Å². The van der Waals surface area contributed by atoms with Gasteiger partial charge in [-0.05, 0) is 18.6 Å². The summed E-state index contributed by atoms with van der Waals surface area (Å²) in [6.45, 7) is 0.523. The van der Waals surface area contributed by atoms with Gasteiger partial charge in [0.1, 0.15) is 5.69 Å². The fraction of sp³-hybridized carbons (Fsp3) is 0.455. The van der Waals surface area contributed by atoms with Gasteiger partial charge in [0.15, 0.2) is 0 Å². The highest BCUT2D eigenvalue weighted by Gasteiger charge is 2.20. The molecule has 86 valence electrons. The summed E-state index contributed by atoms with van der Waals surface area (Å²) in [5, 5.41) is 5.65. The van der Waals surface area contributed by atoms with Crippen LogP contribution < -0.4 is 10.6 Å². The summed E-state index contributed by atoms with van der Waals surface area (Å²) in [6, 6.07) is 3.65. The van der Waals surface area contributed by atoms with Crippen LogP contribution in [0.1, 0.15) is 23.3 Å². The molecule has 0 spiro atoms. The number of hydrogen-bond acceptors (Lipinski definition) is 2. The lowest BCUT2D eigenvalue weighted by molar-refractivity contribution is -0.122. The number of amides is 2. The Morgan fingerprint density at radius 3 is 3.00 bits per heavy atom. The van der Waals surface area contributed by atoms with Gasteiger partial charge >= 0.3 is 0 Å². The van der Waals surface area contributed by atoms with E-state index >= 15 is 0 Å². The predicted molar refractivity (Wildman–Crippen MR) is 58.9 cm³/mol. The van der Waals surface area contributed by atoms with Crippen molar-refractivity contribution in [2.75, 3.05) is 6.54 Å². The maximum absolute atomic E-state index is 11.8. The van der Waals surface area contributed by atoms with Gasteiger partial charge in [0.05, 0.1) is 0 Å². The lowest BCUT2D eigenvalue weighted by atomic mass is 10.1. The number of rotatable bonds is 2. The molecule has 1 aliphatic rings. The minimum absolute atomic E-state index is 0.0418. The van der Waals surface area contributed by atoms with Gasteiger partial charge in [0.2, 0.25) is 5.91 Å². The SMILES string of the molecule is Cn1cccc1C(=O)NC1CCC(=O)NC1. The van der Waals surface area contributed by atoms with Crippen molar-refractivity contribution in [3.63, 3.8) is 0 Å². The molecule has 0 aromatic carbocycles. The zero-order valence-corrected chi connectivity index (χ0v) is 9.19. The standard InChI is InChI=1S/C11H15N3O2/c1-14-6-2-3-9(14)11(16)13-8-4-5-10(15)12-7-8/h2-3,6,8H,4-5,7H2,1H3,(H,12,15)(H,13,16). The third kappa shape index (κ3) is 2.24. The second kappa shape index (κ2) is 4.38. The highest BCUT2D eigenvalue weighted by molar-refractivity contribution is 5.93. The first-order valence-electron chi connectivity index (χ1n) is 5.35. The lowest BCUT2D eigenvalue weighted by Gasteiger charge is -2.23. The lowest BCUT2D eigenvalue weighted by Crippen LogP contribution is -2.48. The van der Waals surface area contributed by atoms with Crippen LogP contribution in [0.5, 0.6) is 0 Å². The Morgan fingerprint density at radius 1 is 1.62 bits per heavy atom. The Balaban J connectivity index is 1.93. The van der Waals surface area contributed by atoms with E-state index in [-0.39, 0.29) is 17.9 Å². The molecule has 0 bridgehead atoms. The molecule has 1 aliphatic heterocycles. The first kappa shape index (κ1) is 10.7. The summed E-state index contributed by atoms with van der Waals surface area (Å²) in [6.07, 6.45) is 3.03. The summed E-state index contributed by atoms with van der Waals surface area (Å²) in [5.74, 6) is -0.0296. The molecule has 1 unspecified atom stereocenters. The molecule has 5 nitrogen and oxygen atoms in total. The molecule has 0 saturated carbocycles. The van der Waals surface area contributed by atoms with Crippen LogP contribution in [0.15, 0.2) is 18.3 Å². The second-order valence-electron chi connectivity index (χ2n) is 4.02. The molecule has 0 radical (unpaired) electrons. The molecule has 2 amide bonds. The number of carbonyl (C=O) groups excluding carboxylic acids is 2. The summed E-state index contributed by atoms with van der Waals surface area (Å²) < 4.78 is 1.77. The monoisotopic (exact) mass is 221 g/mol. The summed E-state index contributed by atoms with van der Waals surface area (Å²) in [4.78, 5) is 22.8. The van der Waals surface area contributed by atoms with Crippen molar-refractivity contribution in [3.8, 4) is 0 Å². The van der Waals surface area contributed by atoms with Crippen LogP contribution in [0.3, 0.4) is 0 Å². The van der Waals surface area contributed by atoms with Crippen molar-refractivity contribution < 1.29 is 9.59 Å². The highest BCUT2D eigenvalue weighted by Crippen LogP contribution is 2.05. The van der Waals surface area contributed by atoms with Crippen molar-refractivity contribution in [1.82, 2.24) is 15.2 Å². The zero-order chi connectivity index (χ0) is 11.5. The number of aromatic nitrogens is 1. The Hall–Kier alpha value is -1.78. The fourth-order valence-electron chi connectivity index (χ4n) is 1.81. The molecule has 1 saturated heterocycles. The largest absolute Gasteiger partial charge is 0.354 e. The number of hydrogen-bond donors (Lipinski definition) is 2. The van der Waals surface area contributed by atoms with Crippen molar-refractivity contribution in [1.29, 1.82) is 0 Å². The van der Waals surface area contributed by atoms with Gasteiger partial charge in [0.25, 0.3) is 5.91 Å². The predicted octanol–water partition coefficient (Wildman–Crippen LogP) is 0.0335. The fourth-order valence-corrected chi connectivity index (χ4v) is 1.81. The average molecular weight is 221 g/mol. The Labute approximate surface area is 93.8 Å². The van der Waals surface area contributed by atoms with Crippen molar-refractivity contribution in [2.45, 2.75) is 18.9 Å². The van der Waals surface area contributed by atoms with Gasteiger partial charge in [-0.1, -0.05) is 0 Å². The van der Waals surface area contributed by atoms with Crippen LogP contribution in [-0.2, 0) is 11.8 Å².